The molecule has 0 saturated carbocycles. The first kappa shape index (κ1) is 14.6. The first-order valence-electron chi connectivity index (χ1n) is 8.59. The van der Waals surface area contributed by atoms with Crippen molar-refractivity contribution >= 4 is 5.57 Å². The maximum atomic E-state index is 4.37. The molecule has 118 valence electrons. The fourth-order valence-corrected chi connectivity index (χ4v) is 3.93. The van der Waals surface area contributed by atoms with Crippen LogP contribution in [0.25, 0.3) is 5.57 Å². The summed E-state index contributed by atoms with van der Waals surface area (Å²) < 4.78 is 0. The van der Waals surface area contributed by atoms with Gasteiger partial charge in [-0.3, -0.25) is 4.90 Å². The Morgan fingerprint density at radius 2 is 1.87 bits per heavy atom. The molecule has 0 aliphatic carbocycles. The van der Waals surface area contributed by atoms with E-state index in [1.807, 2.05) is 19.3 Å². The first-order chi connectivity index (χ1) is 11.3. The number of rotatable bonds is 3. The number of hydrogen-bond acceptors (Lipinski definition) is 3. The SMILES string of the molecule is Cc1ncc(C2=CC3CCCC(C2)N3Cc2ccccc2)cn1. The zero-order valence-electron chi connectivity index (χ0n) is 13.7. The number of nitrogens with zero attached hydrogens (tertiary/aromatic N) is 3. The monoisotopic (exact) mass is 305 g/mol. The summed E-state index contributed by atoms with van der Waals surface area (Å²) in [7, 11) is 0. The average molecular weight is 305 g/mol. The van der Waals surface area contributed by atoms with E-state index in [-0.39, 0.29) is 0 Å². The average Bonchev–Trinajstić information content (AvgIpc) is 2.56. The van der Waals surface area contributed by atoms with Crippen LogP contribution in [-0.2, 0) is 6.54 Å². The highest BCUT2D eigenvalue weighted by Gasteiger charge is 2.34. The molecule has 0 spiro atoms. The van der Waals surface area contributed by atoms with Gasteiger partial charge in [0.1, 0.15) is 5.82 Å². The Hall–Kier alpha value is -2.00. The van der Waals surface area contributed by atoms with Gasteiger partial charge in [-0.15, -0.1) is 0 Å². The molecule has 3 heteroatoms. The third-order valence-electron chi connectivity index (χ3n) is 5.14. The molecule has 0 radical (unpaired) electrons. The van der Waals surface area contributed by atoms with Gasteiger partial charge in [-0.2, -0.15) is 0 Å². The number of aromatic nitrogens is 2. The van der Waals surface area contributed by atoms with Crippen molar-refractivity contribution in [3.05, 3.63) is 65.8 Å². The molecule has 1 saturated heterocycles. The Bertz CT molecular complexity index is 691. The normalized spacial score (nSPS) is 24.3. The van der Waals surface area contributed by atoms with E-state index >= 15 is 0 Å². The van der Waals surface area contributed by atoms with Gasteiger partial charge in [0, 0.05) is 36.6 Å². The largest absolute Gasteiger partial charge is 0.289 e. The molecule has 2 atom stereocenters. The van der Waals surface area contributed by atoms with Crippen LogP contribution in [-0.4, -0.2) is 27.0 Å². The van der Waals surface area contributed by atoms with Gasteiger partial charge in [0.15, 0.2) is 0 Å². The van der Waals surface area contributed by atoms with E-state index in [4.69, 9.17) is 0 Å². The lowest BCUT2D eigenvalue weighted by molar-refractivity contribution is 0.0951. The molecule has 0 amide bonds. The molecule has 2 aliphatic heterocycles. The molecule has 2 bridgehead atoms. The van der Waals surface area contributed by atoms with Crippen LogP contribution in [0.3, 0.4) is 0 Å². The topological polar surface area (TPSA) is 29.0 Å². The van der Waals surface area contributed by atoms with Crippen LogP contribution >= 0.6 is 0 Å². The van der Waals surface area contributed by atoms with Crippen molar-refractivity contribution in [2.75, 3.05) is 0 Å². The lowest BCUT2D eigenvalue weighted by Crippen LogP contribution is -2.47. The molecular formula is C20H23N3. The highest BCUT2D eigenvalue weighted by molar-refractivity contribution is 5.66. The van der Waals surface area contributed by atoms with E-state index in [9.17, 15) is 0 Å². The van der Waals surface area contributed by atoms with Crippen molar-refractivity contribution in [3.63, 3.8) is 0 Å². The molecule has 1 aromatic carbocycles. The molecule has 2 aromatic rings. The van der Waals surface area contributed by atoms with E-state index in [1.54, 1.807) is 0 Å². The standard InChI is InChI=1S/C20H23N3/c1-15-21-12-18(13-22-15)17-10-19-8-5-9-20(11-17)23(19)14-16-6-3-2-4-7-16/h2-4,6-7,10,12-13,19-20H,5,8-9,11,14H2,1H3. The molecule has 3 heterocycles. The molecule has 0 N–H and O–H groups in total. The van der Waals surface area contributed by atoms with Gasteiger partial charge in [0.05, 0.1) is 0 Å². The van der Waals surface area contributed by atoms with Crippen LogP contribution in [0.4, 0.5) is 0 Å². The summed E-state index contributed by atoms with van der Waals surface area (Å²) in [5, 5.41) is 0. The van der Waals surface area contributed by atoms with E-state index in [2.05, 4.69) is 51.3 Å². The third kappa shape index (κ3) is 3.06. The van der Waals surface area contributed by atoms with Gasteiger partial charge < -0.3 is 0 Å². The number of aryl methyl sites for hydroxylation is 1. The number of piperidine rings is 1. The Kier molecular flexibility index (Phi) is 3.96. The number of benzene rings is 1. The number of hydrogen-bond donors (Lipinski definition) is 0. The minimum absolute atomic E-state index is 0.555. The summed E-state index contributed by atoms with van der Waals surface area (Å²) in [4.78, 5) is 11.4. The summed E-state index contributed by atoms with van der Waals surface area (Å²) in [6.45, 7) is 3.00. The first-order valence-corrected chi connectivity index (χ1v) is 8.59. The maximum absolute atomic E-state index is 4.37. The highest BCUT2D eigenvalue weighted by Crippen LogP contribution is 2.37. The van der Waals surface area contributed by atoms with Gasteiger partial charge in [0.2, 0.25) is 0 Å². The predicted octanol–water partition coefficient (Wildman–Crippen LogP) is 4.00. The zero-order chi connectivity index (χ0) is 15.6. The molecule has 2 aliphatic rings. The van der Waals surface area contributed by atoms with Crippen LogP contribution in [0.5, 0.6) is 0 Å². The summed E-state index contributed by atoms with van der Waals surface area (Å²) in [6, 6.07) is 12.1. The Morgan fingerprint density at radius 3 is 2.61 bits per heavy atom. The number of fused-ring (bicyclic) bond motifs is 2. The van der Waals surface area contributed by atoms with Crippen LogP contribution < -0.4 is 0 Å². The molecule has 1 aromatic heterocycles. The van der Waals surface area contributed by atoms with Crippen molar-refractivity contribution in [1.29, 1.82) is 0 Å². The van der Waals surface area contributed by atoms with Crippen LogP contribution in [0.2, 0.25) is 0 Å². The minimum Gasteiger partial charge on any atom is -0.289 e. The van der Waals surface area contributed by atoms with Gasteiger partial charge in [0.25, 0.3) is 0 Å². The second kappa shape index (κ2) is 6.25. The highest BCUT2D eigenvalue weighted by atomic mass is 15.2. The van der Waals surface area contributed by atoms with Crippen molar-refractivity contribution in [3.8, 4) is 0 Å². The van der Waals surface area contributed by atoms with Crippen molar-refractivity contribution in [2.45, 2.75) is 51.2 Å². The second-order valence-electron chi connectivity index (χ2n) is 6.72. The van der Waals surface area contributed by atoms with E-state index < -0.39 is 0 Å². The predicted molar refractivity (Wildman–Crippen MR) is 92.8 cm³/mol. The van der Waals surface area contributed by atoms with Crippen molar-refractivity contribution < 1.29 is 0 Å². The fraction of sp³-hybridized carbons (Fsp3) is 0.400. The lowest BCUT2D eigenvalue weighted by atomic mass is 9.83. The lowest BCUT2D eigenvalue weighted by Gasteiger charge is -2.45. The van der Waals surface area contributed by atoms with Gasteiger partial charge in [-0.1, -0.05) is 42.8 Å². The summed E-state index contributed by atoms with van der Waals surface area (Å²) >= 11 is 0. The minimum atomic E-state index is 0.555. The summed E-state index contributed by atoms with van der Waals surface area (Å²) in [6.07, 6.45) is 11.5. The van der Waals surface area contributed by atoms with Crippen LogP contribution in [0.1, 0.15) is 42.6 Å². The Morgan fingerprint density at radius 1 is 1.09 bits per heavy atom. The van der Waals surface area contributed by atoms with Crippen molar-refractivity contribution in [2.24, 2.45) is 0 Å². The second-order valence-corrected chi connectivity index (χ2v) is 6.72. The maximum Gasteiger partial charge on any atom is 0.125 e. The van der Waals surface area contributed by atoms with Gasteiger partial charge in [-0.05, 0) is 37.3 Å². The molecule has 23 heavy (non-hydrogen) atoms. The van der Waals surface area contributed by atoms with E-state index in [0.717, 1.165) is 18.8 Å². The van der Waals surface area contributed by atoms with Crippen LogP contribution in [0, 0.1) is 6.92 Å². The zero-order valence-corrected chi connectivity index (χ0v) is 13.7. The van der Waals surface area contributed by atoms with Crippen molar-refractivity contribution in [1.82, 2.24) is 14.9 Å². The molecular weight excluding hydrogens is 282 g/mol. The van der Waals surface area contributed by atoms with Gasteiger partial charge >= 0.3 is 0 Å². The summed E-state index contributed by atoms with van der Waals surface area (Å²) in [5.74, 6) is 0.844. The Labute approximate surface area is 138 Å². The van der Waals surface area contributed by atoms with Gasteiger partial charge in [-0.25, -0.2) is 9.97 Å². The van der Waals surface area contributed by atoms with E-state index in [0.29, 0.717) is 12.1 Å². The third-order valence-corrected chi connectivity index (χ3v) is 5.14. The van der Waals surface area contributed by atoms with E-state index in [1.165, 1.54) is 36.0 Å². The molecule has 3 nitrogen and oxygen atoms in total. The fourth-order valence-electron chi connectivity index (χ4n) is 3.93. The smallest absolute Gasteiger partial charge is 0.125 e. The molecule has 1 fully saturated rings. The molecule has 2 unspecified atom stereocenters. The molecule has 4 rings (SSSR count). The van der Waals surface area contributed by atoms with Crippen LogP contribution in [0.15, 0.2) is 48.8 Å². The summed E-state index contributed by atoms with van der Waals surface area (Å²) in [5.41, 5.74) is 4.05. The Balaban J connectivity index is 1.59. The quantitative estimate of drug-likeness (QED) is 0.858.